The average molecular weight is 217 g/mol. The third kappa shape index (κ3) is 2.60. The fraction of sp³-hybridized carbons (Fsp3) is 0.538. The van der Waals surface area contributed by atoms with Crippen LogP contribution in [0.5, 0.6) is 0 Å². The molecule has 0 saturated carbocycles. The van der Waals surface area contributed by atoms with Crippen LogP contribution in [0.25, 0.3) is 0 Å². The van der Waals surface area contributed by atoms with Crippen molar-refractivity contribution in [3.05, 3.63) is 30.1 Å². The van der Waals surface area contributed by atoms with Crippen LogP contribution in [0.1, 0.15) is 38.7 Å². The lowest BCUT2D eigenvalue weighted by Gasteiger charge is -2.36. The molecule has 0 aromatic carbocycles. The van der Waals surface area contributed by atoms with Gasteiger partial charge < -0.3 is 0 Å². The maximum atomic E-state index is 4.60. The van der Waals surface area contributed by atoms with E-state index in [0.717, 1.165) is 5.56 Å². The highest BCUT2D eigenvalue weighted by Gasteiger charge is 2.22. The summed E-state index contributed by atoms with van der Waals surface area (Å²) in [6.07, 6.45) is 9.34. The molecule has 86 valence electrons. The Labute approximate surface area is 97.2 Å². The third-order valence-electron chi connectivity index (χ3n) is 3.19. The number of piperidine rings is 1. The van der Waals surface area contributed by atoms with Crippen LogP contribution in [0.4, 0.5) is 0 Å². The second kappa shape index (κ2) is 5.10. The zero-order valence-corrected chi connectivity index (χ0v) is 10.0. The lowest BCUT2D eigenvalue weighted by Crippen LogP contribution is -2.39. The first-order chi connectivity index (χ1) is 7.77. The van der Waals surface area contributed by atoms with Gasteiger partial charge in [0.1, 0.15) is 0 Å². The zero-order valence-electron chi connectivity index (χ0n) is 10.0. The van der Waals surface area contributed by atoms with Crippen LogP contribution in [0, 0.1) is 0 Å². The van der Waals surface area contributed by atoms with Gasteiger partial charge in [-0.05, 0) is 50.8 Å². The number of nitrogens with zero attached hydrogens (tertiary/aromatic N) is 3. The van der Waals surface area contributed by atoms with Crippen LogP contribution < -0.4 is 0 Å². The highest BCUT2D eigenvalue weighted by Crippen LogP contribution is 2.22. The van der Waals surface area contributed by atoms with Gasteiger partial charge in [-0.2, -0.15) is 5.10 Å². The first kappa shape index (κ1) is 11.1. The summed E-state index contributed by atoms with van der Waals surface area (Å²) < 4.78 is 0. The molecule has 0 N–H and O–H groups in total. The minimum Gasteiger partial charge on any atom is -0.292 e. The number of aromatic nitrogens is 1. The highest BCUT2D eigenvalue weighted by molar-refractivity contribution is 5.78. The fourth-order valence-electron chi connectivity index (χ4n) is 2.22. The second-order valence-electron chi connectivity index (χ2n) is 4.53. The largest absolute Gasteiger partial charge is 0.292 e. The van der Waals surface area contributed by atoms with E-state index < -0.39 is 0 Å². The van der Waals surface area contributed by atoms with Crippen molar-refractivity contribution in [3.63, 3.8) is 0 Å². The standard InChI is InChI=1S/C13H19N3/c1-11-4-3-5-12(2)16(11)15-10-13-6-8-14-9-7-13/h6-12H,3-5H2,1-2H3/b15-10+. The van der Waals surface area contributed by atoms with E-state index in [1.54, 1.807) is 12.4 Å². The van der Waals surface area contributed by atoms with E-state index in [9.17, 15) is 0 Å². The molecule has 0 spiro atoms. The monoisotopic (exact) mass is 217 g/mol. The smallest absolute Gasteiger partial charge is 0.0544 e. The normalized spacial score (nSPS) is 26.2. The molecule has 2 rings (SSSR count). The van der Waals surface area contributed by atoms with Crippen LogP contribution in [-0.4, -0.2) is 28.3 Å². The van der Waals surface area contributed by atoms with Gasteiger partial charge in [0.25, 0.3) is 0 Å². The Bertz CT molecular complexity index is 337. The summed E-state index contributed by atoms with van der Waals surface area (Å²) in [5.74, 6) is 0. The van der Waals surface area contributed by atoms with Gasteiger partial charge in [-0.3, -0.25) is 9.99 Å². The van der Waals surface area contributed by atoms with Crippen molar-refractivity contribution < 1.29 is 0 Å². The number of hydrogen-bond acceptors (Lipinski definition) is 3. The molecule has 0 aliphatic carbocycles. The van der Waals surface area contributed by atoms with Gasteiger partial charge in [-0.1, -0.05) is 0 Å². The van der Waals surface area contributed by atoms with Crippen LogP contribution in [0.3, 0.4) is 0 Å². The molecule has 1 saturated heterocycles. The van der Waals surface area contributed by atoms with E-state index in [2.05, 4.69) is 28.9 Å². The first-order valence-corrected chi connectivity index (χ1v) is 5.99. The quantitative estimate of drug-likeness (QED) is 0.712. The highest BCUT2D eigenvalue weighted by atomic mass is 15.5. The molecule has 3 heteroatoms. The third-order valence-corrected chi connectivity index (χ3v) is 3.19. The number of hydrazone groups is 1. The van der Waals surface area contributed by atoms with Crippen LogP contribution in [-0.2, 0) is 0 Å². The number of hydrogen-bond donors (Lipinski definition) is 0. The Morgan fingerprint density at radius 3 is 2.50 bits per heavy atom. The van der Waals surface area contributed by atoms with Gasteiger partial charge in [-0.25, -0.2) is 0 Å². The summed E-state index contributed by atoms with van der Waals surface area (Å²) in [6, 6.07) is 5.06. The zero-order chi connectivity index (χ0) is 11.4. The number of rotatable bonds is 2. The molecule has 2 heterocycles. The molecule has 2 atom stereocenters. The lowest BCUT2D eigenvalue weighted by atomic mass is 10.00. The van der Waals surface area contributed by atoms with E-state index in [-0.39, 0.29) is 0 Å². The van der Waals surface area contributed by atoms with Gasteiger partial charge in [0.2, 0.25) is 0 Å². The molecule has 16 heavy (non-hydrogen) atoms. The van der Waals surface area contributed by atoms with Gasteiger partial charge in [0.15, 0.2) is 0 Å². The van der Waals surface area contributed by atoms with Crippen LogP contribution in [0.2, 0.25) is 0 Å². The van der Waals surface area contributed by atoms with Crippen molar-refractivity contribution in [1.29, 1.82) is 0 Å². The lowest BCUT2D eigenvalue weighted by molar-refractivity contribution is 0.109. The Morgan fingerprint density at radius 1 is 1.25 bits per heavy atom. The van der Waals surface area contributed by atoms with Gasteiger partial charge in [0.05, 0.1) is 6.21 Å². The number of pyridine rings is 1. The van der Waals surface area contributed by atoms with Gasteiger partial charge in [0, 0.05) is 24.5 Å². The first-order valence-electron chi connectivity index (χ1n) is 5.99. The van der Waals surface area contributed by atoms with E-state index in [4.69, 9.17) is 0 Å². The topological polar surface area (TPSA) is 28.5 Å². The Morgan fingerprint density at radius 2 is 1.88 bits per heavy atom. The molecule has 1 aliphatic heterocycles. The van der Waals surface area contributed by atoms with Crippen molar-refractivity contribution in [2.45, 2.75) is 45.2 Å². The molecule has 3 nitrogen and oxygen atoms in total. The summed E-state index contributed by atoms with van der Waals surface area (Å²) in [6.45, 7) is 4.50. The van der Waals surface area contributed by atoms with Gasteiger partial charge >= 0.3 is 0 Å². The Kier molecular flexibility index (Phi) is 3.54. The predicted octanol–water partition coefficient (Wildman–Crippen LogP) is 2.68. The molecule has 2 unspecified atom stereocenters. The SMILES string of the molecule is CC1CCCC(C)N1/N=C/c1ccncc1. The molecule has 1 aromatic rings. The van der Waals surface area contributed by atoms with E-state index in [1.807, 2.05) is 18.3 Å². The Balaban J connectivity index is 2.05. The molecular weight excluding hydrogens is 198 g/mol. The maximum absolute atomic E-state index is 4.60. The summed E-state index contributed by atoms with van der Waals surface area (Å²) in [4.78, 5) is 3.99. The maximum Gasteiger partial charge on any atom is 0.0544 e. The summed E-state index contributed by atoms with van der Waals surface area (Å²) >= 11 is 0. The molecule has 0 radical (unpaired) electrons. The van der Waals surface area contributed by atoms with Crippen LogP contribution >= 0.6 is 0 Å². The van der Waals surface area contributed by atoms with E-state index in [1.165, 1.54) is 19.3 Å². The van der Waals surface area contributed by atoms with Crippen molar-refractivity contribution in [2.75, 3.05) is 0 Å². The van der Waals surface area contributed by atoms with Crippen molar-refractivity contribution in [2.24, 2.45) is 5.10 Å². The Hall–Kier alpha value is -1.38. The van der Waals surface area contributed by atoms with Crippen molar-refractivity contribution >= 4 is 6.21 Å². The summed E-state index contributed by atoms with van der Waals surface area (Å²) in [7, 11) is 0. The minimum absolute atomic E-state index is 0.557. The molecule has 1 aromatic heterocycles. The van der Waals surface area contributed by atoms with E-state index >= 15 is 0 Å². The minimum atomic E-state index is 0.557. The average Bonchev–Trinajstić information content (AvgIpc) is 2.30. The molecule has 0 bridgehead atoms. The fourth-order valence-corrected chi connectivity index (χ4v) is 2.22. The molecule has 0 amide bonds. The molecule has 1 fully saturated rings. The summed E-state index contributed by atoms with van der Waals surface area (Å²) in [5, 5.41) is 6.82. The predicted molar refractivity (Wildman–Crippen MR) is 66.4 cm³/mol. The van der Waals surface area contributed by atoms with Crippen LogP contribution in [0.15, 0.2) is 29.6 Å². The van der Waals surface area contributed by atoms with Gasteiger partial charge in [-0.15, -0.1) is 0 Å². The summed E-state index contributed by atoms with van der Waals surface area (Å²) in [5.41, 5.74) is 1.11. The second-order valence-corrected chi connectivity index (χ2v) is 4.53. The molecule has 1 aliphatic rings. The van der Waals surface area contributed by atoms with E-state index in [0.29, 0.717) is 12.1 Å². The van der Waals surface area contributed by atoms with Crippen molar-refractivity contribution in [1.82, 2.24) is 9.99 Å². The van der Waals surface area contributed by atoms with Crippen molar-refractivity contribution in [3.8, 4) is 0 Å². The molecular formula is C13H19N3.